The third-order valence-electron chi connectivity index (χ3n) is 1.94. The van der Waals surface area contributed by atoms with Gasteiger partial charge in [0.15, 0.2) is 0 Å². The van der Waals surface area contributed by atoms with E-state index in [1.54, 1.807) is 36.7 Å². The molecule has 0 aliphatic heterocycles. The summed E-state index contributed by atoms with van der Waals surface area (Å²) in [6, 6.07) is 6.82. The summed E-state index contributed by atoms with van der Waals surface area (Å²) in [4.78, 5) is 8.14. The lowest BCUT2D eigenvalue weighted by Crippen LogP contribution is -1.93. The molecule has 0 atom stereocenters. The van der Waals surface area contributed by atoms with Crippen LogP contribution >= 0.6 is 0 Å². The molecule has 0 saturated carbocycles. The Morgan fingerprint density at radius 1 is 1.00 bits per heavy atom. The van der Waals surface area contributed by atoms with Crippen LogP contribution in [0.3, 0.4) is 0 Å². The Kier molecular flexibility index (Phi) is 2.49. The number of phenolic OH excluding ortho intramolecular Hbond substituents is 1. The van der Waals surface area contributed by atoms with Gasteiger partial charge < -0.3 is 10.4 Å². The number of benzene rings is 1. The number of phenols is 1. The van der Waals surface area contributed by atoms with Crippen molar-refractivity contribution in [1.82, 2.24) is 9.97 Å². The van der Waals surface area contributed by atoms with Crippen LogP contribution in [-0.2, 0) is 0 Å². The first-order valence-electron chi connectivity index (χ1n) is 4.59. The lowest BCUT2D eigenvalue weighted by atomic mass is 10.3. The summed E-state index contributed by atoms with van der Waals surface area (Å²) in [5, 5.41) is 12.2. The zero-order valence-corrected chi connectivity index (χ0v) is 8.31. The van der Waals surface area contributed by atoms with Crippen molar-refractivity contribution in [2.75, 3.05) is 5.32 Å². The van der Waals surface area contributed by atoms with Crippen molar-refractivity contribution < 1.29 is 5.11 Å². The van der Waals surface area contributed by atoms with Gasteiger partial charge >= 0.3 is 0 Å². The third-order valence-corrected chi connectivity index (χ3v) is 1.94. The molecule has 2 N–H and O–H groups in total. The number of anilines is 2. The smallest absolute Gasteiger partial charge is 0.125 e. The molecule has 0 aliphatic carbocycles. The average molecular weight is 201 g/mol. The highest BCUT2D eigenvalue weighted by atomic mass is 16.3. The van der Waals surface area contributed by atoms with E-state index in [4.69, 9.17) is 5.11 Å². The fraction of sp³-hybridized carbons (Fsp3) is 0.0909. The van der Waals surface area contributed by atoms with Crippen LogP contribution in [0.1, 0.15) is 5.82 Å². The molecular formula is C11H11N3O. The van der Waals surface area contributed by atoms with Gasteiger partial charge in [-0.2, -0.15) is 0 Å². The van der Waals surface area contributed by atoms with E-state index in [9.17, 15) is 0 Å². The Bertz CT molecular complexity index is 393. The van der Waals surface area contributed by atoms with E-state index < -0.39 is 0 Å². The number of aryl methyl sites for hydroxylation is 1. The van der Waals surface area contributed by atoms with E-state index in [-0.39, 0.29) is 5.75 Å². The highest BCUT2D eigenvalue weighted by Gasteiger charge is 1.95. The van der Waals surface area contributed by atoms with Gasteiger partial charge in [-0.15, -0.1) is 0 Å². The Hall–Kier alpha value is -2.10. The van der Waals surface area contributed by atoms with E-state index in [2.05, 4.69) is 15.3 Å². The van der Waals surface area contributed by atoms with Gasteiger partial charge in [0.25, 0.3) is 0 Å². The molecule has 0 aliphatic rings. The maximum Gasteiger partial charge on any atom is 0.125 e. The minimum absolute atomic E-state index is 0.251. The van der Waals surface area contributed by atoms with Gasteiger partial charge in [0.2, 0.25) is 0 Å². The van der Waals surface area contributed by atoms with Crippen LogP contribution in [0.5, 0.6) is 5.75 Å². The third kappa shape index (κ3) is 2.43. The van der Waals surface area contributed by atoms with Gasteiger partial charge in [-0.1, -0.05) is 0 Å². The molecular weight excluding hydrogens is 190 g/mol. The summed E-state index contributed by atoms with van der Waals surface area (Å²) in [6.07, 6.45) is 3.43. The van der Waals surface area contributed by atoms with E-state index in [0.717, 1.165) is 17.2 Å². The molecule has 0 unspecified atom stereocenters. The normalized spacial score (nSPS) is 9.93. The van der Waals surface area contributed by atoms with Crippen molar-refractivity contribution in [2.24, 2.45) is 0 Å². The summed E-state index contributed by atoms with van der Waals surface area (Å²) < 4.78 is 0. The molecule has 0 radical (unpaired) electrons. The number of nitrogens with zero attached hydrogens (tertiary/aromatic N) is 2. The van der Waals surface area contributed by atoms with Gasteiger partial charge in [0.1, 0.15) is 11.6 Å². The monoisotopic (exact) mass is 201 g/mol. The first-order chi connectivity index (χ1) is 7.24. The SMILES string of the molecule is Cc1ncc(Nc2ccc(O)cc2)cn1. The second-order valence-electron chi connectivity index (χ2n) is 3.19. The number of rotatable bonds is 2. The van der Waals surface area contributed by atoms with Crippen molar-refractivity contribution in [3.05, 3.63) is 42.5 Å². The average Bonchev–Trinajstić information content (AvgIpc) is 2.25. The predicted octanol–water partition coefficient (Wildman–Crippen LogP) is 2.23. The van der Waals surface area contributed by atoms with Gasteiger partial charge in [-0.3, -0.25) is 0 Å². The first-order valence-corrected chi connectivity index (χ1v) is 4.59. The molecule has 0 amide bonds. The Balaban J connectivity index is 2.15. The minimum Gasteiger partial charge on any atom is -0.508 e. The molecule has 4 heteroatoms. The zero-order chi connectivity index (χ0) is 10.7. The summed E-state index contributed by atoms with van der Waals surface area (Å²) in [7, 11) is 0. The largest absolute Gasteiger partial charge is 0.508 e. The molecule has 0 fully saturated rings. The van der Waals surface area contributed by atoms with Gasteiger partial charge in [-0.25, -0.2) is 9.97 Å². The van der Waals surface area contributed by atoms with Crippen LogP contribution in [0.4, 0.5) is 11.4 Å². The highest BCUT2D eigenvalue weighted by molar-refractivity contribution is 5.58. The zero-order valence-electron chi connectivity index (χ0n) is 8.31. The summed E-state index contributed by atoms with van der Waals surface area (Å²) in [5.41, 5.74) is 1.71. The molecule has 4 nitrogen and oxygen atoms in total. The van der Waals surface area contributed by atoms with E-state index in [0.29, 0.717) is 0 Å². The van der Waals surface area contributed by atoms with Crippen LogP contribution in [0, 0.1) is 6.92 Å². The highest BCUT2D eigenvalue weighted by Crippen LogP contribution is 2.17. The van der Waals surface area contributed by atoms with E-state index in [1.807, 2.05) is 6.92 Å². The Morgan fingerprint density at radius 2 is 1.60 bits per heavy atom. The second-order valence-corrected chi connectivity index (χ2v) is 3.19. The summed E-state index contributed by atoms with van der Waals surface area (Å²) in [6.45, 7) is 1.84. The topological polar surface area (TPSA) is 58.0 Å². The molecule has 0 bridgehead atoms. The first kappa shape index (κ1) is 9.45. The lowest BCUT2D eigenvalue weighted by molar-refractivity contribution is 0.475. The fourth-order valence-corrected chi connectivity index (χ4v) is 1.17. The molecule has 76 valence electrons. The maximum absolute atomic E-state index is 9.11. The van der Waals surface area contributed by atoms with Gasteiger partial charge in [-0.05, 0) is 31.2 Å². The number of aromatic hydroxyl groups is 1. The predicted molar refractivity (Wildman–Crippen MR) is 58.2 cm³/mol. The van der Waals surface area contributed by atoms with E-state index in [1.165, 1.54) is 0 Å². The van der Waals surface area contributed by atoms with Crippen LogP contribution in [0.25, 0.3) is 0 Å². The molecule has 0 spiro atoms. The van der Waals surface area contributed by atoms with Crippen molar-refractivity contribution in [3.8, 4) is 5.75 Å². The van der Waals surface area contributed by atoms with Crippen LogP contribution in [0.2, 0.25) is 0 Å². The number of aromatic nitrogens is 2. The van der Waals surface area contributed by atoms with E-state index >= 15 is 0 Å². The van der Waals surface area contributed by atoms with Crippen molar-refractivity contribution in [1.29, 1.82) is 0 Å². The number of nitrogens with one attached hydrogen (secondary N) is 1. The molecule has 1 heterocycles. The molecule has 1 aromatic carbocycles. The van der Waals surface area contributed by atoms with Crippen LogP contribution in [-0.4, -0.2) is 15.1 Å². The summed E-state index contributed by atoms with van der Waals surface area (Å²) in [5.74, 6) is 0.993. The van der Waals surface area contributed by atoms with Crippen LogP contribution < -0.4 is 5.32 Å². The Labute approximate surface area is 87.6 Å². The molecule has 2 aromatic rings. The summed E-state index contributed by atoms with van der Waals surface area (Å²) >= 11 is 0. The van der Waals surface area contributed by atoms with Crippen molar-refractivity contribution >= 4 is 11.4 Å². The van der Waals surface area contributed by atoms with Crippen molar-refractivity contribution in [3.63, 3.8) is 0 Å². The molecule has 1 aromatic heterocycles. The quantitative estimate of drug-likeness (QED) is 0.731. The standard InChI is InChI=1S/C11H11N3O/c1-8-12-6-10(7-13-8)14-9-2-4-11(15)5-3-9/h2-7,14-15H,1H3. The lowest BCUT2D eigenvalue weighted by Gasteiger charge is -2.05. The number of hydrogen-bond donors (Lipinski definition) is 2. The van der Waals surface area contributed by atoms with Crippen LogP contribution in [0.15, 0.2) is 36.7 Å². The van der Waals surface area contributed by atoms with Crippen molar-refractivity contribution in [2.45, 2.75) is 6.92 Å². The van der Waals surface area contributed by atoms with Gasteiger partial charge in [0, 0.05) is 5.69 Å². The van der Waals surface area contributed by atoms with Gasteiger partial charge in [0.05, 0.1) is 18.1 Å². The number of hydrogen-bond acceptors (Lipinski definition) is 4. The maximum atomic E-state index is 9.11. The minimum atomic E-state index is 0.251. The molecule has 15 heavy (non-hydrogen) atoms. The second kappa shape index (κ2) is 3.96. The Morgan fingerprint density at radius 3 is 2.20 bits per heavy atom. The molecule has 2 rings (SSSR count). The molecule has 0 saturated heterocycles. The fourth-order valence-electron chi connectivity index (χ4n) is 1.17.